The van der Waals surface area contributed by atoms with E-state index in [4.69, 9.17) is 9.47 Å². The molecular formula is C20H20N2O5. The first-order valence-electron chi connectivity index (χ1n) is 8.59. The lowest BCUT2D eigenvalue weighted by Gasteiger charge is -2.29. The summed E-state index contributed by atoms with van der Waals surface area (Å²) in [4.78, 5) is 37.5. The Balaban J connectivity index is 1.66. The number of rotatable bonds is 5. The van der Waals surface area contributed by atoms with Gasteiger partial charge >= 0.3 is 11.9 Å². The van der Waals surface area contributed by atoms with Crippen LogP contribution in [-0.2, 0) is 14.3 Å². The van der Waals surface area contributed by atoms with Crippen molar-refractivity contribution >= 4 is 29.2 Å². The Hall–Kier alpha value is -3.35. The predicted octanol–water partition coefficient (Wildman–Crippen LogP) is 2.54. The van der Waals surface area contributed by atoms with Gasteiger partial charge in [-0.2, -0.15) is 0 Å². The van der Waals surface area contributed by atoms with Gasteiger partial charge in [0, 0.05) is 5.69 Å². The third kappa shape index (κ3) is 4.44. The van der Waals surface area contributed by atoms with E-state index < -0.39 is 11.9 Å². The molecule has 1 amide bonds. The molecule has 0 fully saturated rings. The topological polar surface area (TPSA) is 84.9 Å². The van der Waals surface area contributed by atoms with Crippen LogP contribution in [0.4, 0.5) is 11.4 Å². The van der Waals surface area contributed by atoms with Gasteiger partial charge < -0.3 is 19.7 Å². The number of nitrogens with one attached hydrogen (secondary N) is 1. The SMILES string of the molecule is CCOC(=O)c1ccc(NC(=O)CN2CC(=O)Oc3cc(C)ccc32)cc1. The average Bonchev–Trinajstić information content (AvgIpc) is 2.61. The standard InChI is InChI=1S/C20H20N2O5/c1-3-26-20(25)14-5-7-15(8-6-14)21-18(23)11-22-12-19(24)27-17-10-13(2)4-9-16(17)22/h4-10H,3,11-12H2,1-2H3,(H,21,23). The Labute approximate surface area is 156 Å². The molecule has 0 bridgehead atoms. The van der Waals surface area contributed by atoms with Gasteiger partial charge in [0.15, 0.2) is 5.75 Å². The lowest BCUT2D eigenvalue weighted by molar-refractivity contribution is -0.133. The van der Waals surface area contributed by atoms with Crippen LogP contribution in [0, 0.1) is 6.92 Å². The summed E-state index contributed by atoms with van der Waals surface area (Å²) in [6, 6.07) is 11.9. The van der Waals surface area contributed by atoms with E-state index in [-0.39, 0.29) is 19.0 Å². The number of amides is 1. The van der Waals surface area contributed by atoms with Crippen LogP contribution in [0.5, 0.6) is 5.75 Å². The number of benzene rings is 2. The van der Waals surface area contributed by atoms with Crippen LogP contribution in [0.2, 0.25) is 0 Å². The molecule has 140 valence electrons. The lowest BCUT2D eigenvalue weighted by Crippen LogP contribution is -2.41. The van der Waals surface area contributed by atoms with Crippen LogP contribution in [0.1, 0.15) is 22.8 Å². The zero-order chi connectivity index (χ0) is 19.4. The van der Waals surface area contributed by atoms with Gasteiger partial charge in [-0.3, -0.25) is 4.79 Å². The van der Waals surface area contributed by atoms with Crippen molar-refractivity contribution in [3.63, 3.8) is 0 Å². The second-order valence-electron chi connectivity index (χ2n) is 6.15. The Kier molecular flexibility index (Phi) is 5.40. The van der Waals surface area contributed by atoms with Gasteiger partial charge in [0.25, 0.3) is 0 Å². The smallest absolute Gasteiger partial charge is 0.338 e. The van der Waals surface area contributed by atoms with Crippen molar-refractivity contribution in [1.82, 2.24) is 0 Å². The number of anilines is 2. The highest BCUT2D eigenvalue weighted by atomic mass is 16.5. The Morgan fingerprint density at radius 2 is 1.93 bits per heavy atom. The second-order valence-corrected chi connectivity index (χ2v) is 6.15. The molecule has 0 aliphatic carbocycles. The maximum absolute atomic E-state index is 12.4. The molecule has 3 rings (SSSR count). The van der Waals surface area contributed by atoms with Crippen LogP contribution in [0.25, 0.3) is 0 Å². The van der Waals surface area contributed by atoms with Gasteiger partial charge in [0.05, 0.1) is 24.4 Å². The molecule has 2 aromatic carbocycles. The third-order valence-electron chi connectivity index (χ3n) is 4.01. The number of fused-ring (bicyclic) bond motifs is 1. The molecular weight excluding hydrogens is 348 g/mol. The van der Waals surface area contributed by atoms with Gasteiger partial charge in [-0.15, -0.1) is 0 Å². The Morgan fingerprint density at radius 1 is 1.19 bits per heavy atom. The molecule has 0 saturated heterocycles. The number of carbonyl (C=O) groups is 3. The average molecular weight is 368 g/mol. The van der Waals surface area contributed by atoms with Crippen LogP contribution in [-0.4, -0.2) is 37.5 Å². The molecule has 0 spiro atoms. The summed E-state index contributed by atoms with van der Waals surface area (Å²) in [6.45, 7) is 3.95. The van der Waals surface area contributed by atoms with Crippen LogP contribution < -0.4 is 15.0 Å². The minimum Gasteiger partial charge on any atom is -0.462 e. The fraction of sp³-hybridized carbons (Fsp3) is 0.250. The highest BCUT2D eigenvalue weighted by Crippen LogP contribution is 2.32. The fourth-order valence-corrected chi connectivity index (χ4v) is 2.78. The molecule has 1 heterocycles. The summed E-state index contributed by atoms with van der Waals surface area (Å²) < 4.78 is 10.2. The first-order valence-corrected chi connectivity index (χ1v) is 8.59. The van der Waals surface area contributed by atoms with Crippen molar-refractivity contribution in [1.29, 1.82) is 0 Å². The quantitative estimate of drug-likeness (QED) is 0.645. The van der Waals surface area contributed by atoms with E-state index in [1.54, 1.807) is 42.2 Å². The van der Waals surface area contributed by atoms with E-state index in [0.29, 0.717) is 29.3 Å². The fourth-order valence-electron chi connectivity index (χ4n) is 2.78. The number of nitrogens with zero attached hydrogens (tertiary/aromatic N) is 1. The monoisotopic (exact) mass is 368 g/mol. The molecule has 1 aliphatic heterocycles. The molecule has 7 nitrogen and oxygen atoms in total. The van der Waals surface area contributed by atoms with Crippen molar-refractivity contribution in [2.24, 2.45) is 0 Å². The number of carbonyl (C=O) groups excluding carboxylic acids is 3. The van der Waals surface area contributed by atoms with Crippen molar-refractivity contribution in [2.75, 3.05) is 29.9 Å². The highest BCUT2D eigenvalue weighted by molar-refractivity contribution is 5.97. The number of hydrogen-bond donors (Lipinski definition) is 1. The minimum atomic E-state index is -0.408. The number of esters is 2. The number of aryl methyl sites for hydroxylation is 1. The van der Waals surface area contributed by atoms with Crippen molar-refractivity contribution in [3.05, 3.63) is 53.6 Å². The van der Waals surface area contributed by atoms with Crippen molar-refractivity contribution in [2.45, 2.75) is 13.8 Å². The van der Waals surface area contributed by atoms with Gasteiger partial charge in [-0.05, 0) is 55.8 Å². The van der Waals surface area contributed by atoms with Crippen LogP contribution >= 0.6 is 0 Å². The molecule has 0 aromatic heterocycles. The van der Waals surface area contributed by atoms with Crippen molar-refractivity contribution in [3.8, 4) is 5.75 Å². The maximum atomic E-state index is 12.4. The van der Waals surface area contributed by atoms with Crippen molar-refractivity contribution < 1.29 is 23.9 Å². The third-order valence-corrected chi connectivity index (χ3v) is 4.01. The van der Waals surface area contributed by atoms with Gasteiger partial charge in [0.1, 0.15) is 6.54 Å². The molecule has 2 aromatic rings. The van der Waals surface area contributed by atoms with E-state index in [9.17, 15) is 14.4 Å². The molecule has 1 aliphatic rings. The van der Waals surface area contributed by atoms with Crippen LogP contribution in [0.15, 0.2) is 42.5 Å². The first-order chi connectivity index (χ1) is 13.0. The molecule has 1 N–H and O–H groups in total. The molecule has 0 unspecified atom stereocenters. The molecule has 0 radical (unpaired) electrons. The van der Waals surface area contributed by atoms with Gasteiger partial charge in [-0.1, -0.05) is 6.07 Å². The summed E-state index contributed by atoms with van der Waals surface area (Å²) >= 11 is 0. The highest BCUT2D eigenvalue weighted by Gasteiger charge is 2.25. The zero-order valence-electron chi connectivity index (χ0n) is 15.2. The minimum absolute atomic E-state index is 0.00475. The number of hydrogen-bond acceptors (Lipinski definition) is 6. The second kappa shape index (κ2) is 7.90. The molecule has 7 heteroatoms. The Morgan fingerprint density at radius 3 is 2.63 bits per heavy atom. The molecule has 27 heavy (non-hydrogen) atoms. The molecule has 0 saturated carbocycles. The van der Waals surface area contributed by atoms with Gasteiger partial charge in [-0.25, -0.2) is 9.59 Å². The zero-order valence-corrected chi connectivity index (χ0v) is 15.2. The van der Waals surface area contributed by atoms with E-state index in [1.165, 1.54) is 0 Å². The molecule has 0 atom stereocenters. The lowest BCUT2D eigenvalue weighted by atomic mass is 10.1. The summed E-state index contributed by atoms with van der Waals surface area (Å²) in [6.07, 6.45) is 0. The van der Waals surface area contributed by atoms with E-state index in [1.807, 2.05) is 19.1 Å². The van der Waals surface area contributed by atoms with E-state index in [0.717, 1.165) is 5.56 Å². The predicted molar refractivity (Wildman–Crippen MR) is 100 cm³/mol. The van der Waals surface area contributed by atoms with Crippen LogP contribution in [0.3, 0.4) is 0 Å². The largest absolute Gasteiger partial charge is 0.462 e. The van der Waals surface area contributed by atoms with Gasteiger partial charge in [0.2, 0.25) is 5.91 Å². The van der Waals surface area contributed by atoms with E-state index >= 15 is 0 Å². The summed E-state index contributed by atoms with van der Waals surface area (Å²) in [5.74, 6) is -0.633. The normalized spacial score (nSPS) is 12.8. The first kappa shape index (κ1) is 18.4. The Bertz CT molecular complexity index is 876. The number of ether oxygens (including phenoxy) is 2. The summed E-state index contributed by atoms with van der Waals surface area (Å²) in [7, 11) is 0. The summed E-state index contributed by atoms with van der Waals surface area (Å²) in [5.41, 5.74) is 2.64. The summed E-state index contributed by atoms with van der Waals surface area (Å²) in [5, 5.41) is 2.76. The maximum Gasteiger partial charge on any atom is 0.338 e. The van der Waals surface area contributed by atoms with E-state index in [2.05, 4.69) is 5.32 Å².